The number of carbonyl (C=O) groups is 2. The first-order valence-corrected chi connectivity index (χ1v) is 8.34. The van der Waals surface area contributed by atoms with Crippen LogP contribution in [0, 0.1) is 5.92 Å². The Morgan fingerprint density at radius 3 is 2.41 bits per heavy atom. The Kier molecular flexibility index (Phi) is 7.80. The zero-order valence-electron chi connectivity index (χ0n) is 13.2. The summed E-state index contributed by atoms with van der Waals surface area (Å²) in [6, 6.07) is 6.63. The highest BCUT2D eigenvalue weighted by molar-refractivity contribution is 8.00. The van der Waals surface area contributed by atoms with Crippen LogP contribution in [-0.4, -0.2) is 35.4 Å². The molecule has 0 aliphatic carbocycles. The molecule has 0 aromatic heterocycles. The lowest BCUT2D eigenvalue weighted by molar-refractivity contribution is -0.143. The first-order valence-electron chi connectivity index (χ1n) is 7.35. The molecule has 2 N–H and O–H groups in total. The van der Waals surface area contributed by atoms with Gasteiger partial charge >= 0.3 is 5.97 Å². The van der Waals surface area contributed by atoms with Crippen LogP contribution in [0.25, 0.3) is 0 Å². The molecule has 122 valence electrons. The van der Waals surface area contributed by atoms with Gasteiger partial charge < -0.3 is 15.2 Å². The van der Waals surface area contributed by atoms with Crippen LogP contribution >= 0.6 is 11.8 Å². The number of hydrogen-bond donors (Lipinski definition) is 2. The Bertz CT molecular complexity index is 489. The van der Waals surface area contributed by atoms with Gasteiger partial charge in [-0.15, -0.1) is 11.8 Å². The van der Waals surface area contributed by atoms with Crippen LogP contribution in [0.4, 0.5) is 0 Å². The van der Waals surface area contributed by atoms with Gasteiger partial charge in [0.05, 0.1) is 12.4 Å². The maximum Gasteiger partial charge on any atom is 0.326 e. The van der Waals surface area contributed by atoms with E-state index in [1.807, 2.05) is 45.0 Å². The average molecular weight is 325 g/mol. The molecule has 0 saturated heterocycles. The number of amides is 1. The first-order chi connectivity index (χ1) is 10.5. The van der Waals surface area contributed by atoms with Gasteiger partial charge in [0.15, 0.2) is 0 Å². The maximum atomic E-state index is 11.9. The van der Waals surface area contributed by atoms with Crippen molar-refractivity contribution in [2.75, 3.05) is 12.4 Å². The largest absolute Gasteiger partial charge is 0.494 e. The van der Waals surface area contributed by atoms with Crippen LogP contribution in [0.5, 0.6) is 5.75 Å². The zero-order valence-corrected chi connectivity index (χ0v) is 14.0. The number of nitrogens with one attached hydrogen (secondary N) is 1. The SMILES string of the molecule is CCOc1ccc(SCC(=O)N[C@H](C(=O)O)[C@@H](C)CC)cc1. The minimum absolute atomic E-state index is 0.100. The molecule has 0 radical (unpaired) electrons. The fourth-order valence-corrected chi connectivity index (χ4v) is 2.56. The van der Waals surface area contributed by atoms with Crippen molar-refractivity contribution in [3.8, 4) is 5.75 Å². The number of rotatable bonds is 9. The summed E-state index contributed by atoms with van der Waals surface area (Å²) in [7, 11) is 0. The molecule has 0 bridgehead atoms. The maximum absolute atomic E-state index is 11.9. The fourth-order valence-electron chi connectivity index (χ4n) is 1.85. The van der Waals surface area contributed by atoms with Crippen molar-refractivity contribution in [1.82, 2.24) is 5.32 Å². The minimum atomic E-state index is -0.992. The third-order valence-corrected chi connectivity index (χ3v) is 4.31. The molecule has 0 aliphatic rings. The summed E-state index contributed by atoms with van der Waals surface area (Å²) in [5, 5.41) is 11.7. The Labute approximate surface area is 135 Å². The highest BCUT2D eigenvalue weighted by Crippen LogP contribution is 2.21. The van der Waals surface area contributed by atoms with Gasteiger partial charge in [-0.05, 0) is 37.1 Å². The zero-order chi connectivity index (χ0) is 16.5. The van der Waals surface area contributed by atoms with Crippen molar-refractivity contribution in [1.29, 1.82) is 0 Å². The lowest BCUT2D eigenvalue weighted by atomic mass is 9.99. The monoisotopic (exact) mass is 325 g/mol. The van der Waals surface area contributed by atoms with E-state index in [1.54, 1.807) is 0 Å². The number of carboxylic acids is 1. The van der Waals surface area contributed by atoms with E-state index in [-0.39, 0.29) is 17.6 Å². The van der Waals surface area contributed by atoms with Gasteiger partial charge in [-0.3, -0.25) is 4.79 Å². The van der Waals surface area contributed by atoms with E-state index < -0.39 is 12.0 Å². The summed E-state index contributed by atoms with van der Waals surface area (Å²) in [5.41, 5.74) is 0. The van der Waals surface area contributed by atoms with Gasteiger partial charge in [0.1, 0.15) is 11.8 Å². The molecule has 2 atom stereocenters. The van der Waals surface area contributed by atoms with Crippen LogP contribution < -0.4 is 10.1 Å². The second kappa shape index (κ2) is 9.35. The Hall–Kier alpha value is -1.69. The minimum Gasteiger partial charge on any atom is -0.494 e. The van der Waals surface area contributed by atoms with Crippen molar-refractivity contribution >= 4 is 23.6 Å². The first kappa shape index (κ1) is 18.4. The number of carbonyl (C=O) groups excluding carboxylic acids is 1. The van der Waals surface area contributed by atoms with Gasteiger partial charge in [0.2, 0.25) is 5.91 Å². The van der Waals surface area contributed by atoms with Gasteiger partial charge in [-0.2, -0.15) is 0 Å². The molecule has 22 heavy (non-hydrogen) atoms. The van der Waals surface area contributed by atoms with Gasteiger partial charge in [-0.1, -0.05) is 20.3 Å². The smallest absolute Gasteiger partial charge is 0.326 e. The molecule has 1 aromatic rings. The molecular weight excluding hydrogens is 302 g/mol. The van der Waals surface area contributed by atoms with Gasteiger partial charge in [0, 0.05) is 4.90 Å². The molecule has 0 aliphatic heterocycles. The predicted molar refractivity (Wildman–Crippen MR) is 87.4 cm³/mol. The van der Waals surface area contributed by atoms with E-state index in [4.69, 9.17) is 9.84 Å². The summed E-state index contributed by atoms with van der Waals surface area (Å²) in [5.74, 6) is -0.384. The third kappa shape index (κ3) is 5.97. The molecule has 5 nitrogen and oxygen atoms in total. The van der Waals surface area contributed by atoms with E-state index in [1.165, 1.54) is 11.8 Å². The van der Waals surface area contributed by atoms with Crippen molar-refractivity contribution in [3.63, 3.8) is 0 Å². The van der Waals surface area contributed by atoms with Crippen LogP contribution in [-0.2, 0) is 9.59 Å². The molecule has 0 fully saturated rings. The van der Waals surface area contributed by atoms with E-state index in [0.717, 1.165) is 10.6 Å². The summed E-state index contributed by atoms with van der Waals surface area (Å²) in [6.07, 6.45) is 0.698. The number of hydrogen-bond acceptors (Lipinski definition) is 4. The average Bonchev–Trinajstić information content (AvgIpc) is 2.51. The lowest BCUT2D eigenvalue weighted by Crippen LogP contribution is -2.45. The van der Waals surface area contributed by atoms with E-state index in [0.29, 0.717) is 13.0 Å². The summed E-state index contributed by atoms with van der Waals surface area (Å²) >= 11 is 1.37. The lowest BCUT2D eigenvalue weighted by Gasteiger charge is -2.20. The number of benzene rings is 1. The van der Waals surface area contributed by atoms with Crippen molar-refractivity contribution in [2.24, 2.45) is 5.92 Å². The van der Waals surface area contributed by atoms with E-state index >= 15 is 0 Å². The molecule has 1 rings (SSSR count). The fraction of sp³-hybridized carbons (Fsp3) is 0.500. The highest BCUT2D eigenvalue weighted by atomic mass is 32.2. The Morgan fingerprint density at radius 1 is 1.27 bits per heavy atom. The molecule has 1 aromatic carbocycles. The Morgan fingerprint density at radius 2 is 1.91 bits per heavy atom. The molecule has 6 heteroatoms. The number of aliphatic carboxylic acids is 1. The topological polar surface area (TPSA) is 75.6 Å². The third-order valence-electron chi connectivity index (χ3n) is 3.30. The highest BCUT2D eigenvalue weighted by Gasteiger charge is 2.25. The second-order valence-corrected chi connectivity index (χ2v) is 6.01. The second-order valence-electron chi connectivity index (χ2n) is 4.96. The number of carboxylic acid groups (broad SMARTS) is 1. The molecule has 0 unspecified atom stereocenters. The Balaban J connectivity index is 2.49. The van der Waals surface area contributed by atoms with Crippen molar-refractivity contribution in [3.05, 3.63) is 24.3 Å². The van der Waals surface area contributed by atoms with Gasteiger partial charge in [0.25, 0.3) is 0 Å². The van der Waals surface area contributed by atoms with E-state index in [9.17, 15) is 9.59 Å². The van der Waals surface area contributed by atoms with Crippen LogP contribution in [0.2, 0.25) is 0 Å². The van der Waals surface area contributed by atoms with Crippen LogP contribution in [0.3, 0.4) is 0 Å². The van der Waals surface area contributed by atoms with Crippen LogP contribution in [0.1, 0.15) is 27.2 Å². The summed E-state index contributed by atoms with van der Waals surface area (Å²) < 4.78 is 5.35. The van der Waals surface area contributed by atoms with Crippen molar-refractivity contribution in [2.45, 2.75) is 38.1 Å². The molecular formula is C16H23NO4S. The summed E-state index contributed by atoms with van der Waals surface area (Å²) in [4.78, 5) is 24.0. The molecule has 1 amide bonds. The van der Waals surface area contributed by atoms with E-state index in [2.05, 4.69) is 5.32 Å². The molecule has 0 saturated carbocycles. The van der Waals surface area contributed by atoms with Gasteiger partial charge in [-0.25, -0.2) is 4.79 Å². The summed E-state index contributed by atoms with van der Waals surface area (Å²) in [6.45, 7) is 6.25. The van der Waals surface area contributed by atoms with Crippen LogP contribution in [0.15, 0.2) is 29.2 Å². The number of ether oxygens (including phenoxy) is 1. The number of thioether (sulfide) groups is 1. The molecule has 0 heterocycles. The molecule has 0 spiro atoms. The normalized spacial score (nSPS) is 13.2. The standard InChI is InChI=1S/C16H23NO4S/c1-4-11(3)15(16(19)20)17-14(18)10-22-13-8-6-12(7-9-13)21-5-2/h6-9,11,15H,4-5,10H2,1-3H3,(H,17,18)(H,19,20)/t11-,15-/m0/s1. The predicted octanol–water partition coefficient (Wildman–Crippen LogP) is 2.79. The van der Waals surface area contributed by atoms with Crippen molar-refractivity contribution < 1.29 is 19.4 Å². The quantitative estimate of drug-likeness (QED) is 0.683.